The number of benzene rings is 2. The number of aryl methyl sites for hydroxylation is 1. The van der Waals surface area contributed by atoms with Gasteiger partial charge < -0.3 is 10.1 Å². The lowest BCUT2D eigenvalue weighted by Gasteiger charge is -2.10. The van der Waals surface area contributed by atoms with E-state index in [9.17, 15) is 4.79 Å². The van der Waals surface area contributed by atoms with Gasteiger partial charge in [0.25, 0.3) is 0 Å². The Bertz CT molecular complexity index is 880. The number of imidazole rings is 1. The van der Waals surface area contributed by atoms with Gasteiger partial charge in [-0.15, -0.1) is 0 Å². The molecule has 24 heavy (non-hydrogen) atoms. The fraction of sp³-hybridized carbons (Fsp3) is 0.263. The van der Waals surface area contributed by atoms with Gasteiger partial charge in [-0.25, -0.2) is 4.98 Å². The van der Waals surface area contributed by atoms with Gasteiger partial charge in [0, 0.05) is 18.0 Å². The standard InChI is InChI=1S/C19H19N3O2/c1-13-20-17-11-15(21-19(23)14-9-10-24-12-14)7-8-18(17)22(13)16-5-3-2-4-6-16/h2-8,11,14H,9-10,12H2,1H3,(H,21,23). The van der Waals surface area contributed by atoms with Gasteiger partial charge in [-0.3, -0.25) is 9.36 Å². The summed E-state index contributed by atoms with van der Waals surface area (Å²) in [6.07, 6.45) is 0.788. The number of ether oxygens (including phenoxy) is 1. The molecule has 122 valence electrons. The Balaban J connectivity index is 1.66. The number of hydrogen-bond acceptors (Lipinski definition) is 3. The lowest BCUT2D eigenvalue weighted by Crippen LogP contribution is -2.22. The van der Waals surface area contributed by atoms with E-state index in [0.29, 0.717) is 13.2 Å². The number of para-hydroxylation sites is 1. The zero-order valence-corrected chi connectivity index (χ0v) is 13.5. The Morgan fingerprint density at radius 3 is 2.83 bits per heavy atom. The predicted octanol–water partition coefficient (Wildman–Crippen LogP) is 3.31. The van der Waals surface area contributed by atoms with Gasteiger partial charge in [-0.2, -0.15) is 0 Å². The first-order valence-electron chi connectivity index (χ1n) is 8.15. The van der Waals surface area contributed by atoms with Crippen molar-refractivity contribution in [1.29, 1.82) is 0 Å². The Kier molecular flexibility index (Phi) is 3.78. The smallest absolute Gasteiger partial charge is 0.229 e. The molecule has 1 amide bonds. The van der Waals surface area contributed by atoms with Gasteiger partial charge >= 0.3 is 0 Å². The highest BCUT2D eigenvalue weighted by molar-refractivity contribution is 5.95. The number of aromatic nitrogens is 2. The zero-order valence-electron chi connectivity index (χ0n) is 13.5. The minimum Gasteiger partial charge on any atom is -0.381 e. The molecule has 3 aromatic rings. The van der Waals surface area contributed by atoms with E-state index in [1.165, 1.54) is 0 Å². The number of amides is 1. The monoisotopic (exact) mass is 321 g/mol. The van der Waals surface area contributed by atoms with Gasteiger partial charge in [0.15, 0.2) is 0 Å². The van der Waals surface area contributed by atoms with Gasteiger partial charge in [-0.1, -0.05) is 18.2 Å². The third-order valence-corrected chi connectivity index (χ3v) is 4.40. The second-order valence-electron chi connectivity index (χ2n) is 6.08. The minimum atomic E-state index is -0.0516. The van der Waals surface area contributed by atoms with Crippen LogP contribution in [-0.4, -0.2) is 28.7 Å². The predicted molar refractivity (Wildman–Crippen MR) is 93.4 cm³/mol. The number of hydrogen-bond donors (Lipinski definition) is 1. The van der Waals surface area contributed by atoms with Gasteiger partial charge in [-0.05, 0) is 43.7 Å². The molecule has 2 aromatic carbocycles. The van der Waals surface area contributed by atoms with Crippen LogP contribution in [0.3, 0.4) is 0 Å². The van der Waals surface area contributed by atoms with Gasteiger partial charge in [0.05, 0.1) is 23.6 Å². The first-order chi connectivity index (χ1) is 11.7. The zero-order chi connectivity index (χ0) is 16.5. The molecule has 0 spiro atoms. The average molecular weight is 321 g/mol. The number of nitrogens with zero attached hydrogens (tertiary/aromatic N) is 2. The van der Waals surface area contributed by atoms with Crippen molar-refractivity contribution in [2.24, 2.45) is 5.92 Å². The van der Waals surface area contributed by atoms with Crippen LogP contribution in [0.25, 0.3) is 16.7 Å². The number of anilines is 1. The molecule has 0 aliphatic carbocycles. The van der Waals surface area contributed by atoms with E-state index < -0.39 is 0 Å². The van der Waals surface area contributed by atoms with Crippen LogP contribution in [0.4, 0.5) is 5.69 Å². The highest BCUT2D eigenvalue weighted by Crippen LogP contribution is 2.24. The van der Waals surface area contributed by atoms with E-state index in [-0.39, 0.29) is 11.8 Å². The molecule has 1 aliphatic rings. The number of rotatable bonds is 3. The summed E-state index contributed by atoms with van der Waals surface area (Å²) in [4.78, 5) is 16.9. The highest BCUT2D eigenvalue weighted by Gasteiger charge is 2.23. The molecule has 1 fully saturated rings. The molecular weight excluding hydrogens is 302 g/mol. The Morgan fingerprint density at radius 1 is 1.25 bits per heavy atom. The van der Waals surface area contributed by atoms with Gasteiger partial charge in [0.1, 0.15) is 5.82 Å². The fourth-order valence-corrected chi connectivity index (χ4v) is 3.17. The third-order valence-electron chi connectivity index (χ3n) is 4.40. The van der Waals surface area contributed by atoms with Crippen molar-refractivity contribution in [2.45, 2.75) is 13.3 Å². The maximum Gasteiger partial charge on any atom is 0.229 e. The minimum absolute atomic E-state index is 0.0195. The van der Waals surface area contributed by atoms with Gasteiger partial charge in [0.2, 0.25) is 5.91 Å². The van der Waals surface area contributed by atoms with Crippen molar-refractivity contribution in [3.05, 3.63) is 54.4 Å². The fourth-order valence-electron chi connectivity index (χ4n) is 3.17. The molecule has 5 nitrogen and oxygen atoms in total. The SMILES string of the molecule is Cc1nc2cc(NC(=O)C3CCOC3)ccc2n1-c1ccccc1. The second kappa shape index (κ2) is 6.09. The molecular formula is C19H19N3O2. The first kappa shape index (κ1) is 14.9. The summed E-state index contributed by atoms with van der Waals surface area (Å²) >= 11 is 0. The molecule has 1 atom stereocenters. The summed E-state index contributed by atoms with van der Waals surface area (Å²) in [5.74, 6) is 0.888. The molecule has 1 unspecified atom stereocenters. The Hall–Kier alpha value is -2.66. The quantitative estimate of drug-likeness (QED) is 0.805. The Labute approximate surface area is 140 Å². The molecule has 1 aromatic heterocycles. The van der Waals surface area contributed by atoms with Crippen LogP contribution >= 0.6 is 0 Å². The van der Waals surface area contributed by atoms with Crippen molar-refractivity contribution < 1.29 is 9.53 Å². The number of nitrogens with one attached hydrogen (secondary N) is 1. The van der Waals surface area contributed by atoms with Crippen molar-refractivity contribution in [3.8, 4) is 5.69 Å². The van der Waals surface area contributed by atoms with Crippen molar-refractivity contribution in [2.75, 3.05) is 18.5 Å². The molecule has 0 radical (unpaired) electrons. The highest BCUT2D eigenvalue weighted by atomic mass is 16.5. The van der Waals surface area contributed by atoms with Crippen LogP contribution < -0.4 is 5.32 Å². The molecule has 1 N–H and O–H groups in total. The number of carbonyl (C=O) groups excluding carboxylic acids is 1. The molecule has 1 saturated heterocycles. The van der Waals surface area contributed by atoms with E-state index in [2.05, 4.69) is 27.0 Å². The maximum absolute atomic E-state index is 12.2. The van der Waals surface area contributed by atoms with Crippen LogP contribution in [0.1, 0.15) is 12.2 Å². The van der Waals surface area contributed by atoms with Crippen molar-refractivity contribution in [3.63, 3.8) is 0 Å². The largest absolute Gasteiger partial charge is 0.381 e. The van der Waals surface area contributed by atoms with Crippen LogP contribution in [0.15, 0.2) is 48.5 Å². The maximum atomic E-state index is 12.2. The molecule has 1 aliphatic heterocycles. The summed E-state index contributed by atoms with van der Waals surface area (Å²) in [5, 5.41) is 2.98. The van der Waals surface area contributed by atoms with E-state index in [4.69, 9.17) is 4.74 Å². The summed E-state index contributed by atoms with van der Waals surface area (Å²) in [7, 11) is 0. The molecule has 0 saturated carbocycles. The molecule has 4 rings (SSSR count). The van der Waals surface area contributed by atoms with E-state index in [0.717, 1.165) is 34.7 Å². The van der Waals surface area contributed by atoms with Crippen molar-refractivity contribution >= 4 is 22.6 Å². The summed E-state index contributed by atoms with van der Waals surface area (Å²) in [6.45, 7) is 3.16. The average Bonchev–Trinajstić information content (AvgIpc) is 3.22. The first-order valence-corrected chi connectivity index (χ1v) is 8.15. The number of fused-ring (bicyclic) bond motifs is 1. The summed E-state index contributed by atoms with van der Waals surface area (Å²) in [5.41, 5.74) is 3.76. The lowest BCUT2D eigenvalue weighted by atomic mass is 10.1. The molecule has 2 heterocycles. The van der Waals surface area contributed by atoms with E-state index in [1.807, 2.05) is 43.3 Å². The molecule has 5 heteroatoms. The van der Waals surface area contributed by atoms with E-state index in [1.54, 1.807) is 0 Å². The number of carbonyl (C=O) groups is 1. The summed E-state index contributed by atoms with van der Waals surface area (Å²) in [6, 6.07) is 16.0. The van der Waals surface area contributed by atoms with Crippen LogP contribution in [-0.2, 0) is 9.53 Å². The van der Waals surface area contributed by atoms with Crippen LogP contribution in [0.2, 0.25) is 0 Å². The van der Waals surface area contributed by atoms with Crippen molar-refractivity contribution in [1.82, 2.24) is 9.55 Å². The second-order valence-corrected chi connectivity index (χ2v) is 6.08. The van der Waals surface area contributed by atoms with Crippen LogP contribution in [0.5, 0.6) is 0 Å². The van der Waals surface area contributed by atoms with Crippen LogP contribution in [0, 0.1) is 12.8 Å². The third kappa shape index (κ3) is 2.67. The Morgan fingerprint density at radius 2 is 2.08 bits per heavy atom. The molecule has 0 bridgehead atoms. The lowest BCUT2D eigenvalue weighted by molar-refractivity contribution is -0.119. The topological polar surface area (TPSA) is 56.1 Å². The van der Waals surface area contributed by atoms with E-state index >= 15 is 0 Å². The normalized spacial score (nSPS) is 17.3. The summed E-state index contributed by atoms with van der Waals surface area (Å²) < 4.78 is 7.39.